The SMILES string of the molecule is CC(C)(C)c1ccc(/C=N\NC(=O)/C(=C\c2ccc([N+](=O)[O-])cc2)NC(=O)c2ccccc2)cc1. The molecule has 2 amide bonds. The van der Waals surface area contributed by atoms with Crippen molar-refractivity contribution in [3.8, 4) is 0 Å². The number of nitro groups is 1. The summed E-state index contributed by atoms with van der Waals surface area (Å²) in [5.74, 6) is -1.12. The quantitative estimate of drug-likeness (QED) is 0.223. The normalized spacial score (nSPS) is 11.8. The molecule has 0 radical (unpaired) electrons. The second-order valence-electron chi connectivity index (χ2n) is 8.80. The summed E-state index contributed by atoms with van der Waals surface area (Å²) >= 11 is 0. The number of benzene rings is 3. The predicted molar refractivity (Wildman–Crippen MR) is 136 cm³/mol. The summed E-state index contributed by atoms with van der Waals surface area (Å²) in [6, 6.07) is 21.9. The van der Waals surface area contributed by atoms with Gasteiger partial charge < -0.3 is 5.32 Å². The first-order chi connectivity index (χ1) is 16.6. The zero-order chi connectivity index (χ0) is 25.4. The average molecular weight is 471 g/mol. The molecule has 3 aromatic rings. The molecule has 178 valence electrons. The Balaban J connectivity index is 1.79. The van der Waals surface area contributed by atoms with E-state index < -0.39 is 16.7 Å². The van der Waals surface area contributed by atoms with Crippen LogP contribution >= 0.6 is 0 Å². The van der Waals surface area contributed by atoms with Crippen molar-refractivity contribution < 1.29 is 14.5 Å². The van der Waals surface area contributed by atoms with E-state index in [4.69, 9.17) is 0 Å². The van der Waals surface area contributed by atoms with Crippen molar-refractivity contribution in [1.29, 1.82) is 0 Å². The molecule has 0 unspecified atom stereocenters. The highest BCUT2D eigenvalue weighted by molar-refractivity contribution is 6.05. The first-order valence-electron chi connectivity index (χ1n) is 10.9. The monoisotopic (exact) mass is 470 g/mol. The molecule has 0 heterocycles. The van der Waals surface area contributed by atoms with E-state index in [0.29, 0.717) is 11.1 Å². The van der Waals surface area contributed by atoms with Gasteiger partial charge >= 0.3 is 0 Å². The number of hydrogen-bond donors (Lipinski definition) is 2. The van der Waals surface area contributed by atoms with Crippen LogP contribution in [0.4, 0.5) is 5.69 Å². The lowest BCUT2D eigenvalue weighted by Gasteiger charge is -2.18. The summed E-state index contributed by atoms with van der Waals surface area (Å²) in [4.78, 5) is 35.9. The molecule has 8 nitrogen and oxygen atoms in total. The molecule has 0 saturated carbocycles. The van der Waals surface area contributed by atoms with Crippen molar-refractivity contribution in [3.63, 3.8) is 0 Å². The zero-order valence-electron chi connectivity index (χ0n) is 19.7. The Kier molecular flexibility index (Phi) is 7.88. The van der Waals surface area contributed by atoms with Crippen LogP contribution in [-0.4, -0.2) is 23.0 Å². The topological polar surface area (TPSA) is 114 Å². The van der Waals surface area contributed by atoms with E-state index in [1.54, 1.807) is 30.3 Å². The van der Waals surface area contributed by atoms with Crippen molar-refractivity contribution in [2.45, 2.75) is 26.2 Å². The number of nitrogens with one attached hydrogen (secondary N) is 2. The van der Waals surface area contributed by atoms with Gasteiger partial charge in [-0.2, -0.15) is 5.10 Å². The van der Waals surface area contributed by atoms with Crippen molar-refractivity contribution >= 4 is 29.8 Å². The van der Waals surface area contributed by atoms with Gasteiger partial charge in [-0.25, -0.2) is 5.43 Å². The molecule has 0 saturated heterocycles. The van der Waals surface area contributed by atoms with Gasteiger partial charge in [0.15, 0.2) is 0 Å². The lowest BCUT2D eigenvalue weighted by atomic mass is 9.87. The number of nitro benzene ring substituents is 1. The van der Waals surface area contributed by atoms with E-state index in [-0.39, 0.29) is 16.8 Å². The molecule has 0 aliphatic rings. The van der Waals surface area contributed by atoms with E-state index in [1.807, 2.05) is 24.3 Å². The zero-order valence-corrected chi connectivity index (χ0v) is 19.7. The fourth-order valence-corrected chi connectivity index (χ4v) is 3.10. The maximum Gasteiger partial charge on any atom is 0.287 e. The Hall–Kier alpha value is -4.59. The van der Waals surface area contributed by atoms with Crippen molar-refractivity contribution in [2.24, 2.45) is 5.10 Å². The van der Waals surface area contributed by atoms with Crippen LogP contribution in [0.5, 0.6) is 0 Å². The number of nitrogens with zero attached hydrogens (tertiary/aromatic N) is 2. The molecular weight excluding hydrogens is 444 g/mol. The highest BCUT2D eigenvalue weighted by atomic mass is 16.6. The van der Waals surface area contributed by atoms with E-state index in [2.05, 4.69) is 36.6 Å². The molecule has 8 heteroatoms. The number of hydrogen-bond acceptors (Lipinski definition) is 5. The molecule has 0 fully saturated rings. The second-order valence-corrected chi connectivity index (χ2v) is 8.80. The Morgan fingerprint density at radius 1 is 0.886 bits per heavy atom. The van der Waals surface area contributed by atoms with Gasteiger partial charge in [0.1, 0.15) is 5.70 Å². The van der Waals surface area contributed by atoms with Gasteiger partial charge in [0.25, 0.3) is 17.5 Å². The summed E-state index contributed by atoms with van der Waals surface area (Å²) < 4.78 is 0. The Bertz CT molecular complexity index is 1260. The van der Waals surface area contributed by atoms with Crippen LogP contribution in [0, 0.1) is 10.1 Å². The maximum atomic E-state index is 12.8. The van der Waals surface area contributed by atoms with Crippen LogP contribution in [0.15, 0.2) is 89.7 Å². The standard InChI is InChI=1S/C27H26N4O4/c1-27(2,3)22-13-9-20(10-14-22)18-28-30-26(33)24(29-25(32)21-7-5-4-6-8-21)17-19-11-15-23(16-12-19)31(34)35/h4-18H,1-3H3,(H,29,32)(H,30,33)/b24-17+,28-18-. The summed E-state index contributed by atoms with van der Waals surface area (Å²) in [7, 11) is 0. The van der Waals surface area contributed by atoms with Gasteiger partial charge in [0.05, 0.1) is 11.1 Å². The van der Waals surface area contributed by atoms with Gasteiger partial charge in [-0.05, 0) is 52.4 Å². The summed E-state index contributed by atoms with van der Waals surface area (Å²) in [5, 5.41) is 17.5. The van der Waals surface area contributed by atoms with Crippen LogP contribution in [0.1, 0.15) is 47.8 Å². The molecule has 0 spiro atoms. The van der Waals surface area contributed by atoms with Gasteiger partial charge in [-0.15, -0.1) is 0 Å². The summed E-state index contributed by atoms with van der Waals surface area (Å²) in [6.45, 7) is 6.37. The third-order valence-electron chi connectivity index (χ3n) is 5.10. The molecule has 35 heavy (non-hydrogen) atoms. The Labute approximate surface area is 203 Å². The van der Waals surface area contributed by atoms with Crippen LogP contribution < -0.4 is 10.7 Å². The lowest BCUT2D eigenvalue weighted by Crippen LogP contribution is -2.32. The molecule has 0 aliphatic heterocycles. The molecule has 0 atom stereocenters. The largest absolute Gasteiger partial charge is 0.317 e. The number of amides is 2. The van der Waals surface area contributed by atoms with E-state index in [9.17, 15) is 19.7 Å². The second kappa shape index (κ2) is 11.0. The van der Waals surface area contributed by atoms with Gasteiger partial charge in [0, 0.05) is 17.7 Å². The van der Waals surface area contributed by atoms with Gasteiger partial charge in [-0.3, -0.25) is 19.7 Å². The minimum absolute atomic E-state index is 0.0262. The lowest BCUT2D eigenvalue weighted by molar-refractivity contribution is -0.384. The Morgan fingerprint density at radius 3 is 2.06 bits per heavy atom. The predicted octanol–water partition coefficient (Wildman–Crippen LogP) is 4.81. The third-order valence-corrected chi connectivity index (χ3v) is 5.10. The van der Waals surface area contributed by atoms with Crippen LogP contribution in [0.2, 0.25) is 0 Å². The highest BCUT2D eigenvalue weighted by Crippen LogP contribution is 2.21. The molecule has 2 N–H and O–H groups in total. The minimum Gasteiger partial charge on any atom is -0.317 e. The van der Waals surface area contributed by atoms with Crippen LogP contribution in [0.3, 0.4) is 0 Å². The van der Waals surface area contributed by atoms with Crippen molar-refractivity contribution in [2.75, 3.05) is 0 Å². The molecular formula is C27H26N4O4. The smallest absolute Gasteiger partial charge is 0.287 e. The summed E-state index contributed by atoms with van der Waals surface area (Å²) in [5.41, 5.74) is 5.15. The number of non-ortho nitro benzene ring substituents is 1. The van der Waals surface area contributed by atoms with E-state index in [1.165, 1.54) is 42.1 Å². The van der Waals surface area contributed by atoms with Crippen molar-refractivity contribution in [3.05, 3.63) is 117 Å². The maximum absolute atomic E-state index is 12.8. The van der Waals surface area contributed by atoms with E-state index in [0.717, 1.165) is 5.56 Å². The number of hydrazone groups is 1. The third kappa shape index (κ3) is 7.20. The van der Waals surface area contributed by atoms with Crippen LogP contribution in [-0.2, 0) is 10.2 Å². The highest BCUT2D eigenvalue weighted by Gasteiger charge is 2.15. The van der Waals surface area contributed by atoms with E-state index >= 15 is 0 Å². The number of carbonyl (C=O) groups excluding carboxylic acids is 2. The number of rotatable bonds is 7. The Morgan fingerprint density at radius 2 is 1.49 bits per heavy atom. The first-order valence-corrected chi connectivity index (χ1v) is 10.9. The van der Waals surface area contributed by atoms with Gasteiger partial charge in [-0.1, -0.05) is 63.2 Å². The fraction of sp³-hybridized carbons (Fsp3) is 0.148. The summed E-state index contributed by atoms with van der Waals surface area (Å²) in [6.07, 6.45) is 2.93. The molecule has 3 aromatic carbocycles. The molecule has 0 aromatic heterocycles. The number of carbonyl (C=O) groups is 2. The molecule has 0 aliphatic carbocycles. The molecule has 0 bridgehead atoms. The van der Waals surface area contributed by atoms with Crippen LogP contribution in [0.25, 0.3) is 6.08 Å². The first kappa shape index (κ1) is 25.0. The fourth-order valence-electron chi connectivity index (χ4n) is 3.10. The van der Waals surface area contributed by atoms with Gasteiger partial charge in [0.2, 0.25) is 0 Å². The minimum atomic E-state index is -0.643. The molecule has 3 rings (SSSR count). The van der Waals surface area contributed by atoms with Crippen molar-refractivity contribution in [1.82, 2.24) is 10.7 Å². The average Bonchev–Trinajstić information content (AvgIpc) is 2.84.